The molecule has 0 heterocycles. The van der Waals surface area contributed by atoms with Gasteiger partial charge in [0.2, 0.25) is 0 Å². The molecule has 0 aliphatic carbocycles. The summed E-state index contributed by atoms with van der Waals surface area (Å²) in [5.41, 5.74) is 0.758. The molecular formula is C11H12F3NO2. The van der Waals surface area contributed by atoms with Crippen molar-refractivity contribution >= 4 is 5.97 Å². The third-order valence-electron chi connectivity index (χ3n) is 2.10. The van der Waals surface area contributed by atoms with Crippen LogP contribution in [0.4, 0.5) is 13.2 Å². The maximum atomic E-state index is 12.1. The predicted molar refractivity (Wildman–Crippen MR) is 55.8 cm³/mol. The van der Waals surface area contributed by atoms with E-state index in [1.807, 2.05) is 0 Å². The molecule has 0 spiro atoms. The molecule has 1 rings (SSSR count). The van der Waals surface area contributed by atoms with E-state index in [0.717, 1.165) is 4.90 Å². The Morgan fingerprint density at radius 3 is 2.24 bits per heavy atom. The first-order valence-corrected chi connectivity index (χ1v) is 4.85. The summed E-state index contributed by atoms with van der Waals surface area (Å²) in [5.74, 6) is -1.06. The standard InChI is InChI=1S/C11H12F3NO2/c1-15(7-11(12,13)14)6-8-2-4-9(5-3-8)10(16)17/h2-5H,6-7H2,1H3,(H,16,17). The SMILES string of the molecule is CN(Cc1ccc(C(=O)O)cc1)CC(F)(F)F. The molecule has 0 atom stereocenters. The van der Waals surface area contributed by atoms with Crippen LogP contribution in [0.2, 0.25) is 0 Å². The Balaban J connectivity index is 2.60. The fourth-order valence-corrected chi connectivity index (χ4v) is 1.43. The fourth-order valence-electron chi connectivity index (χ4n) is 1.43. The van der Waals surface area contributed by atoms with Gasteiger partial charge in [-0.15, -0.1) is 0 Å². The molecular weight excluding hydrogens is 235 g/mol. The second-order valence-electron chi connectivity index (χ2n) is 3.79. The summed E-state index contributed by atoms with van der Waals surface area (Å²) in [5, 5.41) is 8.65. The van der Waals surface area contributed by atoms with Crippen LogP contribution in [0.25, 0.3) is 0 Å². The van der Waals surface area contributed by atoms with Crippen LogP contribution in [0.3, 0.4) is 0 Å². The van der Waals surface area contributed by atoms with Gasteiger partial charge in [0.05, 0.1) is 12.1 Å². The molecule has 17 heavy (non-hydrogen) atoms. The van der Waals surface area contributed by atoms with Gasteiger partial charge in [0.25, 0.3) is 0 Å². The molecule has 6 heteroatoms. The van der Waals surface area contributed by atoms with Crippen molar-refractivity contribution in [1.29, 1.82) is 0 Å². The Morgan fingerprint density at radius 2 is 1.82 bits per heavy atom. The minimum Gasteiger partial charge on any atom is -0.478 e. The Kier molecular flexibility index (Phi) is 4.11. The number of carboxylic acids is 1. The van der Waals surface area contributed by atoms with Crippen LogP contribution in [-0.2, 0) is 6.54 Å². The molecule has 1 N–H and O–H groups in total. The third-order valence-corrected chi connectivity index (χ3v) is 2.10. The van der Waals surface area contributed by atoms with Gasteiger partial charge < -0.3 is 5.11 Å². The minimum atomic E-state index is -4.23. The van der Waals surface area contributed by atoms with E-state index in [1.54, 1.807) is 0 Å². The van der Waals surface area contributed by atoms with E-state index in [-0.39, 0.29) is 12.1 Å². The molecule has 1 aromatic rings. The Bertz CT molecular complexity index is 387. The number of carboxylic acid groups (broad SMARTS) is 1. The van der Waals surface area contributed by atoms with Crippen molar-refractivity contribution in [2.24, 2.45) is 0 Å². The second-order valence-corrected chi connectivity index (χ2v) is 3.79. The van der Waals surface area contributed by atoms with Gasteiger partial charge in [-0.1, -0.05) is 12.1 Å². The van der Waals surface area contributed by atoms with Crippen molar-refractivity contribution in [2.45, 2.75) is 12.7 Å². The highest BCUT2D eigenvalue weighted by molar-refractivity contribution is 5.87. The van der Waals surface area contributed by atoms with E-state index in [4.69, 9.17) is 5.11 Å². The van der Waals surface area contributed by atoms with Crippen LogP contribution in [0, 0.1) is 0 Å². The summed E-state index contributed by atoms with van der Waals surface area (Å²) in [6, 6.07) is 5.77. The number of nitrogens with zero attached hydrogens (tertiary/aromatic N) is 1. The van der Waals surface area contributed by atoms with Gasteiger partial charge in [-0.3, -0.25) is 4.90 Å². The highest BCUT2D eigenvalue weighted by Crippen LogP contribution is 2.17. The van der Waals surface area contributed by atoms with E-state index >= 15 is 0 Å². The summed E-state index contributed by atoms with van der Waals surface area (Å²) < 4.78 is 36.2. The van der Waals surface area contributed by atoms with E-state index in [1.165, 1.54) is 31.3 Å². The number of carbonyl (C=O) groups is 1. The first-order valence-electron chi connectivity index (χ1n) is 4.85. The number of hydrogen-bond acceptors (Lipinski definition) is 2. The number of rotatable bonds is 4. The zero-order valence-corrected chi connectivity index (χ0v) is 9.16. The van der Waals surface area contributed by atoms with Crippen LogP contribution >= 0.6 is 0 Å². The molecule has 0 amide bonds. The van der Waals surface area contributed by atoms with E-state index in [9.17, 15) is 18.0 Å². The van der Waals surface area contributed by atoms with E-state index in [0.29, 0.717) is 5.56 Å². The zero-order valence-electron chi connectivity index (χ0n) is 9.16. The van der Waals surface area contributed by atoms with Gasteiger partial charge in [-0.25, -0.2) is 4.79 Å². The second kappa shape index (κ2) is 5.18. The molecule has 0 fully saturated rings. The third kappa shape index (κ3) is 4.86. The van der Waals surface area contributed by atoms with Crippen molar-refractivity contribution in [2.75, 3.05) is 13.6 Å². The molecule has 0 unspecified atom stereocenters. The lowest BCUT2D eigenvalue weighted by atomic mass is 10.1. The summed E-state index contributed by atoms with van der Waals surface area (Å²) in [7, 11) is 1.36. The number of benzene rings is 1. The summed E-state index contributed by atoms with van der Waals surface area (Å²) in [6.07, 6.45) is -4.23. The van der Waals surface area contributed by atoms with Gasteiger partial charge in [0.15, 0.2) is 0 Å². The highest BCUT2D eigenvalue weighted by Gasteiger charge is 2.28. The van der Waals surface area contributed by atoms with Crippen molar-refractivity contribution in [1.82, 2.24) is 4.90 Å². The topological polar surface area (TPSA) is 40.5 Å². The highest BCUT2D eigenvalue weighted by atomic mass is 19.4. The van der Waals surface area contributed by atoms with Gasteiger partial charge in [-0.05, 0) is 24.7 Å². The normalized spacial score (nSPS) is 11.8. The molecule has 94 valence electrons. The van der Waals surface area contributed by atoms with Crippen LogP contribution in [0.1, 0.15) is 15.9 Å². The van der Waals surface area contributed by atoms with Crippen LogP contribution in [0.5, 0.6) is 0 Å². The zero-order chi connectivity index (χ0) is 13.1. The lowest BCUT2D eigenvalue weighted by Crippen LogP contribution is -2.30. The van der Waals surface area contributed by atoms with Crippen LogP contribution in [-0.4, -0.2) is 35.7 Å². The molecule has 0 aromatic heterocycles. The van der Waals surface area contributed by atoms with Crippen molar-refractivity contribution < 1.29 is 23.1 Å². The molecule has 3 nitrogen and oxygen atoms in total. The summed E-state index contributed by atoms with van der Waals surface area (Å²) in [4.78, 5) is 11.7. The summed E-state index contributed by atoms with van der Waals surface area (Å²) in [6.45, 7) is -0.868. The first kappa shape index (κ1) is 13.5. The predicted octanol–water partition coefficient (Wildman–Crippen LogP) is 2.38. The first-order chi connectivity index (χ1) is 7.78. The Morgan fingerprint density at radius 1 is 1.29 bits per heavy atom. The maximum absolute atomic E-state index is 12.1. The van der Waals surface area contributed by atoms with E-state index in [2.05, 4.69) is 0 Å². The van der Waals surface area contributed by atoms with Crippen molar-refractivity contribution in [3.63, 3.8) is 0 Å². The largest absolute Gasteiger partial charge is 0.478 e. The van der Waals surface area contributed by atoms with Gasteiger partial charge in [0, 0.05) is 6.54 Å². The molecule has 0 bridgehead atoms. The molecule has 0 saturated carbocycles. The van der Waals surface area contributed by atoms with Crippen molar-refractivity contribution in [3.8, 4) is 0 Å². The lowest BCUT2D eigenvalue weighted by Gasteiger charge is -2.18. The number of alkyl halides is 3. The fraction of sp³-hybridized carbons (Fsp3) is 0.364. The maximum Gasteiger partial charge on any atom is 0.401 e. The molecule has 0 radical (unpaired) electrons. The average Bonchev–Trinajstić information content (AvgIpc) is 2.15. The Labute approximate surface area is 96.5 Å². The lowest BCUT2D eigenvalue weighted by molar-refractivity contribution is -0.144. The van der Waals surface area contributed by atoms with Crippen LogP contribution in [0.15, 0.2) is 24.3 Å². The smallest absolute Gasteiger partial charge is 0.401 e. The molecule has 0 aliphatic heterocycles. The number of aromatic carboxylic acids is 1. The minimum absolute atomic E-state index is 0.118. The molecule has 1 aromatic carbocycles. The Hall–Kier alpha value is -1.56. The monoisotopic (exact) mass is 247 g/mol. The molecule has 0 aliphatic rings. The van der Waals surface area contributed by atoms with Gasteiger partial charge in [0.1, 0.15) is 0 Å². The molecule has 0 saturated heterocycles. The number of hydrogen-bond donors (Lipinski definition) is 1. The van der Waals surface area contributed by atoms with Crippen LogP contribution < -0.4 is 0 Å². The van der Waals surface area contributed by atoms with E-state index < -0.39 is 18.7 Å². The number of halogens is 3. The average molecular weight is 247 g/mol. The van der Waals surface area contributed by atoms with Crippen molar-refractivity contribution in [3.05, 3.63) is 35.4 Å². The quantitative estimate of drug-likeness (QED) is 0.888. The summed E-state index contributed by atoms with van der Waals surface area (Å²) >= 11 is 0. The van der Waals surface area contributed by atoms with Gasteiger partial charge >= 0.3 is 12.1 Å². The van der Waals surface area contributed by atoms with Gasteiger partial charge in [-0.2, -0.15) is 13.2 Å².